The SMILES string of the molecule is CC(=O)c1ccc(N2CCN(C(=O)c3ccc(C)c([N+](=O)[O-])c3)CC2)cc1. The van der Waals surface area contributed by atoms with Crippen molar-refractivity contribution >= 4 is 23.1 Å². The minimum atomic E-state index is -0.464. The third-order valence-electron chi connectivity index (χ3n) is 4.86. The van der Waals surface area contributed by atoms with Gasteiger partial charge in [0.25, 0.3) is 11.6 Å². The number of nitrogens with zero attached hydrogens (tertiary/aromatic N) is 3. The number of Topliss-reactive ketones (excluding diaryl/α,β-unsaturated/α-hetero) is 1. The molecule has 2 aromatic rings. The number of rotatable bonds is 4. The number of hydrogen-bond donors (Lipinski definition) is 0. The average molecular weight is 367 g/mol. The highest BCUT2D eigenvalue weighted by Crippen LogP contribution is 2.22. The summed E-state index contributed by atoms with van der Waals surface area (Å²) in [7, 11) is 0. The molecule has 7 nitrogen and oxygen atoms in total. The molecule has 0 bridgehead atoms. The lowest BCUT2D eigenvalue weighted by Gasteiger charge is -2.36. The van der Waals surface area contributed by atoms with Crippen molar-refractivity contribution in [2.75, 3.05) is 31.1 Å². The number of carbonyl (C=O) groups excluding carboxylic acids is 2. The van der Waals surface area contributed by atoms with E-state index in [4.69, 9.17) is 0 Å². The quantitative estimate of drug-likeness (QED) is 0.471. The lowest BCUT2D eigenvalue weighted by atomic mass is 10.1. The molecule has 0 aliphatic carbocycles. The normalized spacial score (nSPS) is 14.1. The van der Waals surface area contributed by atoms with Gasteiger partial charge in [-0.3, -0.25) is 19.7 Å². The highest BCUT2D eigenvalue weighted by Gasteiger charge is 2.24. The third kappa shape index (κ3) is 3.97. The summed E-state index contributed by atoms with van der Waals surface area (Å²) in [6.07, 6.45) is 0. The number of anilines is 1. The molecule has 0 unspecified atom stereocenters. The van der Waals surface area contributed by atoms with Crippen LogP contribution in [-0.2, 0) is 0 Å². The molecule has 7 heteroatoms. The monoisotopic (exact) mass is 367 g/mol. The van der Waals surface area contributed by atoms with Gasteiger partial charge in [-0.25, -0.2) is 0 Å². The van der Waals surface area contributed by atoms with Crippen LogP contribution in [0.1, 0.15) is 33.2 Å². The summed E-state index contributed by atoms with van der Waals surface area (Å²) in [5, 5.41) is 11.1. The molecule has 0 N–H and O–H groups in total. The van der Waals surface area contributed by atoms with Crippen molar-refractivity contribution in [1.29, 1.82) is 0 Å². The van der Waals surface area contributed by atoms with Gasteiger partial charge in [-0.15, -0.1) is 0 Å². The zero-order chi connectivity index (χ0) is 19.6. The Hall–Kier alpha value is -3.22. The second kappa shape index (κ2) is 7.57. The largest absolute Gasteiger partial charge is 0.368 e. The minimum Gasteiger partial charge on any atom is -0.368 e. The third-order valence-corrected chi connectivity index (χ3v) is 4.86. The van der Waals surface area contributed by atoms with Gasteiger partial charge in [0.1, 0.15) is 0 Å². The van der Waals surface area contributed by atoms with Crippen molar-refractivity contribution in [3.8, 4) is 0 Å². The van der Waals surface area contributed by atoms with Crippen LogP contribution in [-0.4, -0.2) is 47.7 Å². The van der Waals surface area contributed by atoms with Crippen molar-refractivity contribution in [2.24, 2.45) is 0 Å². The molecule has 1 fully saturated rings. The number of nitro groups is 1. The molecule has 140 valence electrons. The summed E-state index contributed by atoms with van der Waals surface area (Å²) in [6.45, 7) is 5.60. The Balaban J connectivity index is 1.66. The van der Waals surface area contributed by atoms with Crippen LogP contribution in [0.5, 0.6) is 0 Å². The second-order valence-electron chi connectivity index (χ2n) is 6.64. The molecule has 0 atom stereocenters. The van der Waals surface area contributed by atoms with E-state index >= 15 is 0 Å². The lowest BCUT2D eigenvalue weighted by molar-refractivity contribution is -0.385. The maximum atomic E-state index is 12.7. The van der Waals surface area contributed by atoms with Crippen LogP contribution in [0, 0.1) is 17.0 Å². The Labute approximate surface area is 157 Å². The van der Waals surface area contributed by atoms with E-state index in [1.54, 1.807) is 36.1 Å². The van der Waals surface area contributed by atoms with E-state index < -0.39 is 4.92 Å². The Morgan fingerprint density at radius 1 is 0.963 bits per heavy atom. The molecule has 0 radical (unpaired) electrons. The van der Waals surface area contributed by atoms with E-state index in [2.05, 4.69) is 4.90 Å². The summed E-state index contributed by atoms with van der Waals surface area (Å²) in [5.74, 6) is -0.158. The van der Waals surface area contributed by atoms with Crippen molar-refractivity contribution in [2.45, 2.75) is 13.8 Å². The number of piperazine rings is 1. The molecule has 1 saturated heterocycles. The van der Waals surface area contributed by atoms with Crippen LogP contribution in [0.2, 0.25) is 0 Å². The Bertz CT molecular complexity index is 885. The summed E-state index contributed by atoms with van der Waals surface area (Å²) in [6, 6.07) is 12.0. The van der Waals surface area contributed by atoms with E-state index in [1.807, 2.05) is 12.1 Å². The first-order chi connectivity index (χ1) is 12.9. The highest BCUT2D eigenvalue weighted by molar-refractivity contribution is 5.95. The van der Waals surface area contributed by atoms with Gasteiger partial charge in [-0.2, -0.15) is 0 Å². The van der Waals surface area contributed by atoms with Gasteiger partial charge in [0, 0.05) is 54.6 Å². The number of hydrogen-bond acceptors (Lipinski definition) is 5. The fourth-order valence-electron chi connectivity index (χ4n) is 3.20. The van der Waals surface area contributed by atoms with E-state index in [1.165, 1.54) is 13.0 Å². The minimum absolute atomic E-state index is 0.0316. The first kappa shape index (κ1) is 18.6. The van der Waals surface area contributed by atoms with Gasteiger partial charge in [0.2, 0.25) is 0 Å². The molecule has 0 aromatic heterocycles. The maximum Gasteiger partial charge on any atom is 0.273 e. The zero-order valence-corrected chi connectivity index (χ0v) is 15.3. The second-order valence-corrected chi connectivity index (χ2v) is 6.64. The molecule has 1 aliphatic heterocycles. The molecule has 27 heavy (non-hydrogen) atoms. The van der Waals surface area contributed by atoms with Gasteiger partial charge in [0.05, 0.1) is 4.92 Å². The van der Waals surface area contributed by atoms with Gasteiger partial charge in [0.15, 0.2) is 5.78 Å². The number of aryl methyl sites for hydroxylation is 1. The smallest absolute Gasteiger partial charge is 0.273 e. The number of amides is 1. The van der Waals surface area contributed by atoms with Crippen LogP contribution >= 0.6 is 0 Å². The van der Waals surface area contributed by atoms with Crippen LogP contribution in [0.15, 0.2) is 42.5 Å². The fourth-order valence-corrected chi connectivity index (χ4v) is 3.20. The molecule has 0 spiro atoms. The van der Waals surface area contributed by atoms with Gasteiger partial charge >= 0.3 is 0 Å². The standard InChI is InChI=1S/C20H21N3O4/c1-14-3-4-17(13-19(14)23(26)27)20(25)22-11-9-21(10-12-22)18-7-5-16(6-8-18)15(2)24/h3-8,13H,9-12H2,1-2H3. The first-order valence-electron chi connectivity index (χ1n) is 8.77. The Kier molecular flexibility index (Phi) is 5.21. The van der Waals surface area contributed by atoms with Crippen LogP contribution < -0.4 is 4.90 Å². The molecule has 0 saturated carbocycles. The zero-order valence-electron chi connectivity index (χ0n) is 15.3. The summed E-state index contributed by atoms with van der Waals surface area (Å²) in [4.78, 5) is 38.6. The first-order valence-corrected chi connectivity index (χ1v) is 8.77. The lowest BCUT2D eigenvalue weighted by Crippen LogP contribution is -2.48. The van der Waals surface area contributed by atoms with E-state index in [0.717, 1.165) is 5.69 Å². The maximum absolute atomic E-state index is 12.7. The predicted octanol–water partition coefficient (Wildman–Crippen LogP) is 3.07. The van der Waals surface area contributed by atoms with Gasteiger partial charge in [-0.05, 0) is 44.2 Å². The molecule has 1 heterocycles. The number of benzene rings is 2. The molecule has 1 amide bonds. The number of nitro benzene ring substituents is 1. The van der Waals surface area contributed by atoms with Gasteiger partial charge in [-0.1, -0.05) is 6.07 Å². The van der Waals surface area contributed by atoms with Crippen molar-refractivity contribution in [3.05, 3.63) is 69.3 Å². The summed E-state index contributed by atoms with van der Waals surface area (Å²) >= 11 is 0. The van der Waals surface area contributed by atoms with Crippen molar-refractivity contribution < 1.29 is 14.5 Å². The van der Waals surface area contributed by atoms with Crippen LogP contribution in [0.25, 0.3) is 0 Å². The van der Waals surface area contributed by atoms with Crippen molar-refractivity contribution in [1.82, 2.24) is 4.90 Å². The summed E-state index contributed by atoms with van der Waals surface area (Å²) in [5.41, 5.74) is 2.53. The summed E-state index contributed by atoms with van der Waals surface area (Å²) < 4.78 is 0. The van der Waals surface area contributed by atoms with E-state index in [0.29, 0.717) is 42.9 Å². The van der Waals surface area contributed by atoms with Crippen LogP contribution in [0.4, 0.5) is 11.4 Å². The topological polar surface area (TPSA) is 83.8 Å². The molecular formula is C20H21N3O4. The van der Waals surface area contributed by atoms with Crippen molar-refractivity contribution in [3.63, 3.8) is 0 Å². The van der Waals surface area contributed by atoms with Gasteiger partial charge < -0.3 is 9.80 Å². The fraction of sp³-hybridized carbons (Fsp3) is 0.300. The number of ketones is 1. The molecule has 1 aliphatic rings. The Morgan fingerprint density at radius 2 is 1.56 bits per heavy atom. The number of carbonyl (C=O) groups is 2. The molecule has 2 aromatic carbocycles. The Morgan fingerprint density at radius 3 is 2.11 bits per heavy atom. The average Bonchev–Trinajstić information content (AvgIpc) is 2.68. The molecule has 3 rings (SSSR count). The predicted molar refractivity (Wildman–Crippen MR) is 102 cm³/mol. The van der Waals surface area contributed by atoms with E-state index in [-0.39, 0.29) is 17.4 Å². The van der Waals surface area contributed by atoms with Crippen LogP contribution in [0.3, 0.4) is 0 Å². The highest BCUT2D eigenvalue weighted by atomic mass is 16.6. The van der Waals surface area contributed by atoms with E-state index in [9.17, 15) is 19.7 Å². The molecular weight excluding hydrogens is 346 g/mol.